The fourth-order valence-corrected chi connectivity index (χ4v) is 10.6. The van der Waals surface area contributed by atoms with Crippen LogP contribution >= 0.6 is 0 Å². The van der Waals surface area contributed by atoms with Crippen LogP contribution in [0.5, 0.6) is 0 Å². The van der Waals surface area contributed by atoms with Crippen molar-refractivity contribution in [3.63, 3.8) is 0 Å². The Kier molecular flexibility index (Phi) is 27.4. The maximum atomic E-state index is 12.7. The first kappa shape index (κ1) is 53.3. The van der Waals surface area contributed by atoms with Gasteiger partial charge in [0.05, 0.1) is 19.8 Å². The van der Waals surface area contributed by atoms with Gasteiger partial charge < -0.3 is 38.1 Å². The lowest BCUT2D eigenvalue weighted by molar-refractivity contribution is -0.146. The van der Waals surface area contributed by atoms with Gasteiger partial charge in [-0.15, -0.1) is 0 Å². The number of fused-ring (bicyclic) bond motifs is 2. The lowest BCUT2D eigenvalue weighted by atomic mass is 9.47. The summed E-state index contributed by atoms with van der Waals surface area (Å²) in [5.41, 5.74) is 0.517. The maximum absolute atomic E-state index is 12.7. The van der Waals surface area contributed by atoms with Crippen molar-refractivity contribution in [1.29, 1.82) is 0 Å². The Bertz CT molecular complexity index is 1120. The minimum Gasteiger partial charge on any atom is -0.466 e. The molecule has 2 fully saturated rings. The topological polar surface area (TPSA) is 119 Å². The van der Waals surface area contributed by atoms with E-state index in [1.807, 2.05) is 27.7 Å². The van der Waals surface area contributed by atoms with Gasteiger partial charge in [0.1, 0.15) is 0 Å². The lowest BCUT2D eigenvalue weighted by Crippen LogP contribution is -2.47. The standard InChI is InChI=1S/C48H89NO10/c1-9-49(10-2)31-19-25-43(52)58-33-21-29-47(8)36-40-35-46(7,28-20-32-57-41(50)23-15-17-26-44(53-11-3)54-12-4)38-48(37-40,39-47)30-22-34-59-42(51)24-16-18-27-45(55-13-5)56-14-6/h40,44-45H,9-39H2,1-8H3. The minimum absolute atomic E-state index is 0.0799. The summed E-state index contributed by atoms with van der Waals surface area (Å²) < 4.78 is 39.7. The smallest absolute Gasteiger partial charge is 0.305 e. The molecular formula is C48H89NO10. The van der Waals surface area contributed by atoms with Crippen molar-refractivity contribution in [2.75, 3.05) is 65.9 Å². The second-order valence-corrected chi connectivity index (χ2v) is 18.2. The number of unbranched alkanes of at least 4 members (excludes halogenated alkanes) is 2. The Morgan fingerprint density at radius 2 is 0.915 bits per heavy atom. The van der Waals surface area contributed by atoms with Gasteiger partial charge in [-0.3, -0.25) is 14.4 Å². The van der Waals surface area contributed by atoms with Gasteiger partial charge in [0, 0.05) is 45.7 Å². The van der Waals surface area contributed by atoms with E-state index in [1.165, 1.54) is 19.3 Å². The number of carbonyl (C=O) groups excluding carboxylic acids is 3. The largest absolute Gasteiger partial charge is 0.466 e. The molecule has 2 saturated carbocycles. The summed E-state index contributed by atoms with van der Waals surface area (Å²) >= 11 is 0. The van der Waals surface area contributed by atoms with Crippen molar-refractivity contribution >= 4 is 17.9 Å². The predicted molar refractivity (Wildman–Crippen MR) is 234 cm³/mol. The Labute approximate surface area is 360 Å². The van der Waals surface area contributed by atoms with Crippen LogP contribution in [0.3, 0.4) is 0 Å². The third-order valence-electron chi connectivity index (χ3n) is 12.7. The third-order valence-corrected chi connectivity index (χ3v) is 12.7. The van der Waals surface area contributed by atoms with Crippen LogP contribution in [0.2, 0.25) is 0 Å². The highest BCUT2D eigenvalue weighted by Gasteiger charge is 2.52. The second-order valence-electron chi connectivity index (χ2n) is 18.2. The zero-order chi connectivity index (χ0) is 43.4. The van der Waals surface area contributed by atoms with Crippen LogP contribution in [0.1, 0.15) is 190 Å². The zero-order valence-corrected chi connectivity index (χ0v) is 39.2. The summed E-state index contributed by atoms with van der Waals surface area (Å²) in [6, 6.07) is 0. The molecule has 2 rings (SSSR count). The first-order valence-corrected chi connectivity index (χ1v) is 24.0. The first-order valence-electron chi connectivity index (χ1n) is 24.0. The molecule has 11 heteroatoms. The van der Waals surface area contributed by atoms with E-state index in [1.54, 1.807) is 0 Å². The molecule has 4 unspecified atom stereocenters. The molecule has 59 heavy (non-hydrogen) atoms. The Morgan fingerprint density at radius 3 is 1.31 bits per heavy atom. The van der Waals surface area contributed by atoms with Crippen LogP contribution in [-0.2, 0) is 47.5 Å². The van der Waals surface area contributed by atoms with Crippen molar-refractivity contribution in [2.45, 2.75) is 203 Å². The Balaban J connectivity index is 1.91. The van der Waals surface area contributed by atoms with Gasteiger partial charge >= 0.3 is 17.9 Å². The van der Waals surface area contributed by atoms with Gasteiger partial charge in [-0.05, 0) is 185 Å². The SMILES string of the molecule is CCOC(CCCCC(=O)OCCCC1(C)CC2CC(C)(CCCOC(=O)CCCN(CC)CC)CC(CCCOC(=O)CCCCC(OCC)OCC)(C2)C1)OCC. The Morgan fingerprint density at radius 1 is 0.525 bits per heavy atom. The highest BCUT2D eigenvalue weighted by atomic mass is 16.7. The average Bonchev–Trinajstić information content (AvgIpc) is 3.18. The number of esters is 3. The molecule has 0 N–H and O–H groups in total. The lowest BCUT2D eigenvalue weighted by Gasteiger charge is -2.58. The Hall–Kier alpha value is -1.79. The molecule has 0 radical (unpaired) electrons. The van der Waals surface area contributed by atoms with E-state index in [-0.39, 0.29) is 46.7 Å². The average molecular weight is 840 g/mol. The monoisotopic (exact) mass is 840 g/mol. The molecule has 0 aromatic rings. The zero-order valence-electron chi connectivity index (χ0n) is 39.2. The number of rotatable bonds is 36. The number of nitrogens with zero attached hydrogens (tertiary/aromatic N) is 1. The van der Waals surface area contributed by atoms with E-state index < -0.39 is 0 Å². The van der Waals surface area contributed by atoms with Crippen LogP contribution in [0.15, 0.2) is 0 Å². The second kappa shape index (κ2) is 30.3. The summed E-state index contributed by atoms with van der Waals surface area (Å²) in [6.07, 6.45) is 18.2. The van der Waals surface area contributed by atoms with E-state index in [9.17, 15) is 14.4 Å². The van der Waals surface area contributed by atoms with Crippen LogP contribution in [0, 0.1) is 22.2 Å². The van der Waals surface area contributed by atoms with Crippen LogP contribution < -0.4 is 0 Å². The molecule has 0 heterocycles. The number of hydrogen-bond acceptors (Lipinski definition) is 11. The number of ether oxygens (including phenoxy) is 7. The summed E-state index contributed by atoms with van der Waals surface area (Å²) in [5, 5.41) is 0. The number of carbonyl (C=O) groups is 3. The molecule has 0 amide bonds. The molecule has 11 nitrogen and oxygen atoms in total. The highest BCUT2D eigenvalue weighted by molar-refractivity contribution is 5.69. The van der Waals surface area contributed by atoms with Crippen molar-refractivity contribution in [2.24, 2.45) is 22.2 Å². The first-order chi connectivity index (χ1) is 28.4. The van der Waals surface area contributed by atoms with E-state index in [0.717, 1.165) is 116 Å². The third kappa shape index (κ3) is 22.8. The minimum atomic E-state index is -0.204. The van der Waals surface area contributed by atoms with Gasteiger partial charge in [0.15, 0.2) is 12.6 Å². The van der Waals surface area contributed by atoms with Crippen molar-refractivity contribution in [3.05, 3.63) is 0 Å². The molecule has 346 valence electrons. The molecule has 0 spiro atoms. The summed E-state index contributed by atoms with van der Waals surface area (Å²) in [7, 11) is 0. The van der Waals surface area contributed by atoms with Crippen LogP contribution in [0.4, 0.5) is 0 Å². The van der Waals surface area contributed by atoms with E-state index >= 15 is 0 Å². The molecule has 2 aliphatic carbocycles. The summed E-state index contributed by atoms with van der Waals surface area (Å²) in [4.78, 5) is 40.1. The fourth-order valence-electron chi connectivity index (χ4n) is 10.6. The fraction of sp³-hybridized carbons (Fsp3) is 0.938. The summed E-state index contributed by atoms with van der Waals surface area (Å²) in [5.74, 6) is 0.301. The number of hydrogen-bond donors (Lipinski definition) is 0. The van der Waals surface area contributed by atoms with Gasteiger partial charge in [-0.25, -0.2) is 0 Å². The van der Waals surface area contributed by atoms with Crippen molar-refractivity contribution < 1.29 is 47.5 Å². The van der Waals surface area contributed by atoms with Gasteiger partial charge in [0.25, 0.3) is 0 Å². The molecule has 4 atom stereocenters. The van der Waals surface area contributed by atoms with Gasteiger partial charge in [-0.2, -0.15) is 0 Å². The van der Waals surface area contributed by atoms with E-state index in [4.69, 9.17) is 33.2 Å². The molecule has 2 bridgehead atoms. The normalized spacial score (nSPS) is 22.9. The van der Waals surface area contributed by atoms with Gasteiger partial charge in [-0.1, -0.05) is 27.7 Å². The molecule has 0 saturated heterocycles. The van der Waals surface area contributed by atoms with Crippen LogP contribution in [0.25, 0.3) is 0 Å². The van der Waals surface area contributed by atoms with Crippen molar-refractivity contribution in [1.82, 2.24) is 4.90 Å². The van der Waals surface area contributed by atoms with E-state index in [2.05, 4.69) is 32.6 Å². The predicted octanol–water partition coefficient (Wildman–Crippen LogP) is 10.6. The molecule has 0 aromatic carbocycles. The van der Waals surface area contributed by atoms with E-state index in [0.29, 0.717) is 71.4 Å². The molecule has 0 aromatic heterocycles. The quantitative estimate of drug-likeness (QED) is 0.0260. The summed E-state index contributed by atoms with van der Waals surface area (Å²) in [6.45, 7) is 23.9. The maximum Gasteiger partial charge on any atom is 0.305 e. The van der Waals surface area contributed by atoms with Crippen LogP contribution in [-0.4, -0.2) is 101 Å². The molecule has 0 aliphatic heterocycles. The van der Waals surface area contributed by atoms with Gasteiger partial charge in [0.2, 0.25) is 0 Å². The highest BCUT2D eigenvalue weighted by Crippen LogP contribution is 2.64. The molecular weight excluding hydrogens is 751 g/mol. The molecule has 2 aliphatic rings. The van der Waals surface area contributed by atoms with Crippen molar-refractivity contribution in [3.8, 4) is 0 Å².